The van der Waals surface area contributed by atoms with E-state index in [1.165, 1.54) is 18.2 Å². The summed E-state index contributed by atoms with van der Waals surface area (Å²) in [5.74, 6) is -0.445. The first-order valence-electron chi connectivity index (χ1n) is 5.24. The lowest BCUT2D eigenvalue weighted by Crippen LogP contribution is -1.95. The maximum absolute atomic E-state index is 13.0. The average molecular weight is 282 g/mol. The number of hydrogen-bond donors (Lipinski definition) is 0. The monoisotopic (exact) mass is 282 g/mol. The van der Waals surface area contributed by atoms with Crippen LogP contribution in [0.1, 0.15) is 5.56 Å². The number of hydrogen-bond acceptors (Lipinski definition) is 3. The van der Waals surface area contributed by atoms with Gasteiger partial charge in [-0.1, -0.05) is 23.8 Å². The lowest BCUT2D eigenvalue weighted by molar-refractivity contribution is 0.610. The van der Waals surface area contributed by atoms with Gasteiger partial charge < -0.3 is 0 Å². The van der Waals surface area contributed by atoms with Gasteiger partial charge in [0.2, 0.25) is 8.87 Å². The fourth-order valence-corrected chi connectivity index (χ4v) is 4.21. The van der Waals surface area contributed by atoms with E-state index in [2.05, 4.69) is 0 Å². The molecule has 0 fully saturated rings. The molecule has 5 heteroatoms. The van der Waals surface area contributed by atoms with Crippen molar-refractivity contribution in [3.8, 4) is 0 Å². The van der Waals surface area contributed by atoms with Crippen LogP contribution >= 0.6 is 10.8 Å². The Balaban J connectivity index is 2.30. The summed E-state index contributed by atoms with van der Waals surface area (Å²) in [5.41, 5.74) is 0.990. The quantitative estimate of drug-likeness (QED) is 0.806. The molecular weight excluding hydrogens is 271 g/mol. The second kappa shape index (κ2) is 5.12. The molecule has 0 heterocycles. The van der Waals surface area contributed by atoms with Gasteiger partial charge in [0, 0.05) is 15.7 Å². The highest BCUT2D eigenvalue weighted by Gasteiger charge is 2.16. The molecule has 0 saturated heterocycles. The van der Waals surface area contributed by atoms with Crippen LogP contribution in [-0.2, 0) is 8.87 Å². The van der Waals surface area contributed by atoms with Crippen LogP contribution in [0.4, 0.5) is 4.39 Å². The lowest BCUT2D eigenvalue weighted by atomic mass is 10.2. The van der Waals surface area contributed by atoms with E-state index in [-0.39, 0.29) is 4.90 Å². The molecule has 0 unspecified atom stereocenters. The van der Waals surface area contributed by atoms with E-state index in [4.69, 9.17) is 0 Å². The summed E-state index contributed by atoms with van der Waals surface area (Å²) < 4.78 is 37.1. The predicted molar refractivity (Wildman–Crippen MR) is 70.6 cm³/mol. The summed E-state index contributed by atoms with van der Waals surface area (Å²) in [7, 11) is -2.85. The van der Waals surface area contributed by atoms with E-state index in [1.807, 2.05) is 6.92 Å². The Morgan fingerprint density at radius 1 is 1.06 bits per heavy atom. The van der Waals surface area contributed by atoms with E-state index in [0.717, 1.165) is 5.56 Å². The first kappa shape index (κ1) is 13.1. The topological polar surface area (TPSA) is 34.1 Å². The van der Waals surface area contributed by atoms with Gasteiger partial charge in [-0.05, 0) is 37.3 Å². The van der Waals surface area contributed by atoms with Crippen LogP contribution in [0.3, 0.4) is 0 Å². The van der Waals surface area contributed by atoms with Gasteiger partial charge in [-0.15, -0.1) is 0 Å². The molecule has 0 N–H and O–H groups in total. The second-order valence-corrected chi connectivity index (χ2v) is 7.64. The van der Waals surface area contributed by atoms with Crippen molar-refractivity contribution in [1.82, 2.24) is 0 Å². The van der Waals surface area contributed by atoms with Crippen molar-refractivity contribution >= 4 is 19.7 Å². The molecule has 2 aromatic rings. The zero-order valence-electron chi connectivity index (χ0n) is 9.63. The first-order valence-corrected chi connectivity index (χ1v) is 8.06. The van der Waals surface area contributed by atoms with Crippen LogP contribution in [0.5, 0.6) is 0 Å². The fraction of sp³-hybridized carbons (Fsp3) is 0.0769. The average Bonchev–Trinajstić information content (AvgIpc) is 2.29. The highest BCUT2D eigenvalue weighted by molar-refractivity contribution is 8.72. The number of benzene rings is 2. The Hall–Kier alpha value is -1.33. The summed E-state index contributed by atoms with van der Waals surface area (Å²) >= 11 is 0. The zero-order chi connectivity index (χ0) is 13.2. The third-order valence-electron chi connectivity index (χ3n) is 2.31. The SMILES string of the molecule is Cc1ccc(S(=O)(=O)Sc2cccc(F)c2)cc1. The molecule has 0 aromatic heterocycles. The minimum absolute atomic E-state index is 0.224. The molecule has 0 amide bonds. The molecule has 0 atom stereocenters. The maximum Gasteiger partial charge on any atom is 0.234 e. The van der Waals surface area contributed by atoms with Crippen LogP contribution in [0.25, 0.3) is 0 Å². The first-order chi connectivity index (χ1) is 8.47. The van der Waals surface area contributed by atoms with Crippen LogP contribution in [0.15, 0.2) is 58.3 Å². The Bertz CT molecular complexity index is 649. The standard InChI is InChI=1S/C13H11FO2S2/c1-10-5-7-13(8-6-10)18(15,16)17-12-4-2-3-11(14)9-12/h2-9H,1H3. The molecule has 0 radical (unpaired) electrons. The number of aryl methyl sites for hydroxylation is 1. The van der Waals surface area contributed by atoms with Crippen LogP contribution in [0.2, 0.25) is 0 Å². The molecule has 2 nitrogen and oxygen atoms in total. The van der Waals surface area contributed by atoms with Gasteiger partial charge >= 0.3 is 0 Å². The van der Waals surface area contributed by atoms with E-state index in [1.54, 1.807) is 30.3 Å². The van der Waals surface area contributed by atoms with Gasteiger partial charge in [0.1, 0.15) is 5.82 Å². The van der Waals surface area contributed by atoms with Gasteiger partial charge in [0.25, 0.3) is 0 Å². The molecule has 0 aliphatic carbocycles. The van der Waals surface area contributed by atoms with Gasteiger partial charge in [-0.2, -0.15) is 0 Å². The summed E-state index contributed by atoms with van der Waals surface area (Å²) in [6.07, 6.45) is 0. The van der Waals surface area contributed by atoms with Crippen molar-refractivity contribution in [2.45, 2.75) is 16.7 Å². The van der Waals surface area contributed by atoms with Crippen molar-refractivity contribution in [3.63, 3.8) is 0 Å². The molecule has 0 aliphatic heterocycles. The summed E-state index contributed by atoms with van der Waals surface area (Å²) in [4.78, 5) is 0.595. The van der Waals surface area contributed by atoms with E-state index < -0.39 is 14.7 Å². The minimum Gasteiger partial charge on any atom is -0.212 e. The molecule has 94 valence electrons. The van der Waals surface area contributed by atoms with Crippen LogP contribution in [-0.4, -0.2) is 8.42 Å². The Morgan fingerprint density at radius 2 is 1.72 bits per heavy atom. The van der Waals surface area contributed by atoms with Crippen molar-refractivity contribution in [2.75, 3.05) is 0 Å². The zero-order valence-corrected chi connectivity index (χ0v) is 11.3. The van der Waals surface area contributed by atoms with E-state index >= 15 is 0 Å². The van der Waals surface area contributed by atoms with E-state index in [9.17, 15) is 12.8 Å². The van der Waals surface area contributed by atoms with E-state index in [0.29, 0.717) is 15.7 Å². The third kappa shape index (κ3) is 3.11. The molecule has 0 spiro atoms. The normalized spacial score (nSPS) is 11.4. The second-order valence-electron chi connectivity index (χ2n) is 3.81. The largest absolute Gasteiger partial charge is 0.234 e. The fourth-order valence-electron chi connectivity index (χ4n) is 1.40. The van der Waals surface area contributed by atoms with Gasteiger partial charge in [-0.25, -0.2) is 12.8 Å². The van der Waals surface area contributed by atoms with Crippen molar-refractivity contribution in [1.29, 1.82) is 0 Å². The van der Waals surface area contributed by atoms with Gasteiger partial charge in [0.15, 0.2) is 0 Å². The highest BCUT2D eigenvalue weighted by atomic mass is 33.1. The Kier molecular flexibility index (Phi) is 3.73. The summed E-state index contributed by atoms with van der Waals surface area (Å²) in [5, 5.41) is 0. The molecule has 0 bridgehead atoms. The highest BCUT2D eigenvalue weighted by Crippen LogP contribution is 2.31. The van der Waals surface area contributed by atoms with Crippen LogP contribution in [0, 0.1) is 12.7 Å². The third-order valence-corrected chi connectivity index (χ3v) is 5.64. The van der Waals surface area contributed by atoms with Gasteiger partial charge in [0.05, 0.1) is 4.90 Å². The summed E-state index contributed by atoms with van der Waals surface area (Å²) in [6, 6.07) is 12.1. The van der Waals surface area contributed by atoms with Gasteiger partial charge in [-0.3, -0.25) is 0 Å². The van der Waals surface area contributed by atoms with Crippen molar-refractivity contribution < 1.29 is 12.8 Å². The smallest absolute Gasteiger partial charge is 0.212 e. The number of halogens is 1. The lowest BCUT2D eigenvalue weighted by Gasteiger charge is -2.04. The molecule has 0 aliphatic rings. The molecular formula is C13H11FO2S2. The molecule has 18 heavy (non-hydrogen) atoms. The Labute approximate surface area is 109 Å². The molecule has 0 saturated carbocycles. The minimum atomic E-state index is -3.50. The summed E-state index contributed by atoms with van der Waals surface area (Å²) in [6.45, 7) is 1.89. The maximum atomic E-state index is 13.0. The predicted octanol–water partition coefficient (Wildman–Crippen LogP) is 3.62. The van der Waals surface area contributed by atoms with Crippen molar-refractivity contribution in [3.05, 3.63) is 59.9 Å². The van der Waals surface area contributed by atoms with Crippen LogP contribution < -0.4 is 0 Å². The Morgan fingerprint density at radius 3 is 2.33 bits per heavy atom. The molecule has 2 rings (SSSR count). The molecule has 2 aromatic carbocycles. The number of rotatable bonds is 3. The van der Waals surface area contributed by atoms with Crippen molar-refractivity contribution in [2.24, 2.45) is 0 Å².